The van der Waals surface area contributed by atoms with E-state index in [0.717, 1.165) is 0 Å². The SMILES string of the molecule is CCOC(=O)C1CC(F)C(=O)N1. The van der Waals surface area contributed by atoms with E-state index in [-0.39, 0.29) is 13.0 Å². The highest BCUT2D eigenvalue weighted by Crippen LogP contribution is 2.12. The van der Waals surface area contributed by atoms with Gasteiger partial charge < -0.3 is 10.1 Å². The van der Waals surface area contributed by atoms with Crippen LogP contribution in [0, 0.1) is 0 Å². The molecule has 0 spiro atoms. The van der Waals surface area contributed by atoms with Crippen LogP contribution in [0.15, 0.2) is 0 Å². The first kappa shape index (κ1) is 8.96. The van der Waals surface area contributed by atoms with Crippen molar-refractivity contribution in [2.75, 3.05) is 6.61 Å². The lowest BCUT2D eigenvalue weighted by molar-refractivity contribution is -0.145. The van der Waals surface area contributed by atoms with Gasteiger partial charge in [0.25, 0.3) is 5.91 Å². The minimum atomic E-state index is -1.57. The van der Waals surface area contributed by atoms with Crippen molar-refractivity contribution < 1.29 is 18.7 Å². The fourth-order valence-corrected chi connectivity index (χ4v) is 1.03. The van der Waals surface area contributed by atoms with E-state index >= 15 is 0 Å². The number of alkyl halides is 1. The molecule has 12 heavy (non-hydrogen) atoms. The smallest absolute Gasteiger partial charge is 0.328 e. The van der Waals surface area contributed by atoms with Crippen molar-refractivity contribution >= 4 is 11.9 Å². The molecule has 0 aromatic rings. The highest BCUT2D eigenvalue weighted by Gasteiger charge is 2.36. The number of hydrogen-bond acceptors (Lipinski definition) is 3. The molecular weight excluding hydrogens is 165 g/mol. The molecule has 5 heteroatoms. The lowest BCUT2D eigenvalue weighted by Crippen LogP contribution is -2.34. The van der Waals surface area contributed by atoms with Gasteiger partial charge in [0.1, 0.15) is 6.04 Å². The van der Waals surface area contributed by atoms with E-state index in [1.165, 1.54) is 0 Å². The van der Waals surface area contributed by atoms with Gasteiger partial charge in [-0.25, -0.2) is 9.18 Å². The lowest BCUT2D eigenvalue weighted by Gasteiger charge is -2.06. The van der Waals surface area contributed by atoms with Gasteiger partial charge in [0.05, 0.1) is 6.61 Å². The number of nitrogens with one attached hydrogen (secondary N) is 1. The maximum absolute atomic E-state index is 12.5. The first-order chi connectivity index (χ1) is 5.65. The van der Waals surface area contributed by atoms with Crippen molar-refractivity contribution in [2.45, 2.75) is 25.6 Å². The zero-order valence-corrected chi connectivity index (χ0v) is 6.67. The fraction of sp³-hybridized carbons (Fsp3) is 0.714. The molecule has 0 bridgehead atoms. The number of halogens is 1. The van der Waals surface area contributed by atoms with Gasteiger partial charge in [0, 0.05) is 6.42 Å². The quantitative estimate of drug-likeness (QED) is 0.590. The normalized spacial score (nSPS) is 28.3. The number of carbonyl (C=O) groups is 2. The second-order valence-electron chi connectivity index (χ2n) is 2.52. The Hall–Kier alpha value is -1.13. The Morgan fingerprint density at radius 3 is 2.92 bits per heavy atom. The average molecular weight is 175 g/mol. The maximum atomic E-state index is 12.5. The number of hydrogen-bond donors (Lipinski definition) is 1. The van der Waals surface area contributed by atoms with Crippen LogP contribution < -0.4 is 5.32 Å². The second-order valence-corrected chi connectivity index (χ2v) is 2.52. The van der Waals surface area contributed by atoms with Gasteiger partial charge in [0.2, 0.25) is 0 Å². The molecule has 1 amide bonds. The summed E-state index contributed by atoms with van der Waals surface area (Å²) in [6, 6.07) is -0.799. The van der Waals surface area contributed by atoms with E-state index in [2.05, 4.69) is 10.1 Å². The topological polar surface area (TPSA) is 55.4 Å². The number of rotatable bonds is 2. The van der Waals surface area contributed by atoms with E-state index in [1.807, 2.05) is 0 Å². The number of esters is 1. The van der Waals surface area contributed by atoms with Crippen molar-refractivity contribution in [3.05, 3.63) is 0 Å². The van der Waals surface area contributed by atoms with E-state index in [1.54, 1.807) is 6.92 Å². The van der Waals surface area contributed by atoms with Gasteiger partial charge in [-0.2, -0.15) is 0 Å². The van der Waals surface area contributed by atoms with Gasteiger partial charge in [-0.15, -0.1) is 0 Å². The molecule has 0 radical (unpaired) electrons. The standard InChI is InChI=1S/C7H10FNO3/c1-2-12-7(11)5-3-4(8)6(10)9-5/h4-5H,2-3H2,1H3,(H,9,10). The first-order valence-electron chi connectivity index (χ1n) is 3.76. The van der Waals surface area contributed by atoms with Crippen LogP contribution in [0.5, 0.6) is 0 Å². The molecule has 4 nitrogen and oxygen atoms in total. The summed E-state index contributed by atoms with van der Waals surface area (Å²) in [6.07, 6.45) is -1.68. The summed E-state index contributed by atoms with van der Waals surface area (Å²) >= 11 is 0. The summed E-state index contributed by atoms with van der Waals surface area (Å²) in [6.45, 7) is 1.89. The van der Waals surface area contributed by atoms with Crippen LogP contribution in [-0.2, 0) is 14.3 Å². The van der Waals surface area contributed by atoms with Crippen molar-refractivity contribution in [1.29, 1.82) is 0 Å². The maximum Gasteiger partial charge on any atom is 0.328 e. The Morgan fingerprint density at radius 2 is 2.50 bits per heavy atom. The van der Waals surface area contributed by atoms with Crippen LogP contribution in [0.25, 0.3) is 0 Å². The molecule has 68 valence electrons. The molecule has 0 aromatic heterocycles. The zero-order chi connectivity index (χ0) is 9.14. The molecule has 2 unspecified atom stereocenters. The van der Waals surface area contributed by atoms with Crippen molar-refractivity contribution in [1.82, 2.24) is 5.32 Å². The molecule has 2 atom stereocenters. The zero-order valence-electron chi connectivity index (χ0n) is 6.67. The predicted octanol–water partition coefficient (Wildman–Crippen LogP) is -0.224. The predicted molar refractivity (Wildman–Crippen MR) is 38.1 cm³/mol. The van der Waals surface area contributed by atoms with Crippen molar-refractivity contribution in [3.63, 3.8) is 0 Å². The Balaban J connectivity index is 2.46. The Kier molecular flexibility index (Phi) is 2.62. The molecule has 0 saturated carbocycles. The van der Waals surface area contributed by atoms with Crippen LogP contribution in [0.4, 0.5) is 4.39 Å². The summed E-state index contributed by atoms with van der Waals surface area (Å²) < 4.78 is 17.2. The summed E-state index contributed by atoms with van der Waals surface area (Å²) in [4.78, 5) is 21.5. The minimum Gasteiger partial charge on any atom is -0.464 e. The third-order valence-electron chi connectivity index (χ3n) is 1.61. The van der Waals surface area contributed by atoms with E-state index in [0.29, 0.717) is 0 Å². The molecule has 1 fully saturated rings. The van der Waals surface area contributed by atoms with Gasteiger partial charge >= 0.3 is 5.97 Å². The molecule has 1 saturated heterocycles. The fourth-order valence-electron chi connectivity index (χ4n) is 1.03. The van der Waals surface area contributed by atoms with Gasteiger partial charge in [-0.3, -0.25) is 4.79 Å². The van der Waals surface area contributed by atoms with E-state index < -0.39 is 24.1 Å². The van der Waals surface area contributed by atoms with Crippen LogP contribution in [0.3, 0.4) is 0 Å². The first-order valence-corrected chi connectivity index (χ1v) is 3.76. The Bertz CT molecular complexity index is 207. The van der Waals surface area contributed by atoms with Crippen LogP contribution >= 0.6 is 0 Å². The van der Waals surface area contributed by atoms with E-state index in [9.17, 15) is 14.0 Å². The van der Waals surface area contributed by atoms with Gasteiger partial charge in [0.15, 0.2) is 6.17 Å². The van der Waals surface area contributed by atoms with E-state index in [4.69, 9.17) is 0 Å². The number of ether oxygens (including phenoxy) is 1. The summed E-state index contributed by atoms with van der Waals surface area (Å²) in [5.41, 5.74) is 0. The molecule has 1 aliphatic rings. The Morgan fingerprint density at radius 1 is 1.83 bits per heavy atom. The summed E-state index contributed by atoms with van der Waals surface area (Å²) in [5, 5.41) is 2.20. The monoisotopic (exact) mass is 175 g/mol. The van der Waals surface area contributed by atoms with Gasteiger partial charge in [-0.1, -0.05) is 0 Å². The van der Waals surface area contributed by atoms with Crippen LogP contribution in [0.1, 0.15) is 13.3 Å². The van der Waals surface area contributed by atoms with Crippen LogP contribution in [0.2, 0.25) is 0 Å². The summed E-state index contributed by atoms with van der Waals surface area (Å²) in [5.74, 6) is -1.29. The van der Waals surface area contributed by atoms with Crippen molar-refractivity contribution in [3.8, 4) is 0 Å². The van der Waals surface area contributed by atoms with Crippen molar-refractivity contribution in [2.24, 2.45) is 0 Å². The third-order valence-corrected chi connectivity index (χ3v) is 1.61. The molecule has 1 N–H and O–H groups in total. The molecule has 1 aliphatic heterocycles. The molecule has 1 heterocycles. The molecule has 1 rings (SSSR count). The Labute approximate surface area is 69.1 Å². The van der Waals surface area contributed by atoms with Gasteiger partial charge in [-0.05, 0) is 6.92 Å². The molecule has 0 aromatic carbocycles. The third kappa shape index (κ3) is 1.72. The summed E-state index contributed by atoms with van der Waals surface area (Å²) in [7, 11) is 0. The molecule has 0 aliphatic carbocycles. The number of carbonyl (C=O) groups excluding carboxylic acids is 2. The minimum absolute atomic E-state index is 0.113. The highest BCUT2D eigenvalue weighted by atomic mass is 19.1. The second kappa shape index (κ2) is 3.51. The average Bonchev–Trinajstić information content (AvgIpc) is 2.33. The lowest BCUT2D eigenvalue weighted by atomic mass is 10.2. The highest BCUT2D eigenvalue weighted by molar-refractivity contribution is 5.90. The largest absolute Gasteiger partial charge is 0.464 e. The number of amides is 1. The van der Waals surface area contributed by atoms with Crippen LogP contribution in [-0.4, -0.2) is 30.7 Å². The molecular formula is C7H10FNO3.